The van der Waals surface area contributed by atoms with Gasteiger partial charge in [-0.1, -0.05) is 32.4 Å². The third-order valence-corrected chi connectivity index (χ3v) is 3.44. The van der Waals surface area contributed by atoms with Crippen molar-refractivity contribution >= 4 is 11.6 Å². The Morgan fingerprint density at radius 1 is 1.44 bits per heavy atom. The lowest BCUT2D eigenvalue weighted by atomic mass is 9.97. The molecule has 1 rings (SSSR count). The maximum atomic E-state index is 6.24. The second kappa shape index (κ2) is 5.69. The summed E-state index contributed by atoms with van der Waals surface area (Å²) in [7, 11) is 1.89. The van der Waals surface area contributed by atoms with Gasteiger partial charge in [-0.25, -0.2) is 0 Å². The van der Waals surface area contributed by atoms with Gasteiger partial charge in [-0.15, -0.1) is 0 Å². The van der Waals surface area contributed by atoms with Gasteiger partial charge in [0.1, 0.15) is 5.15 Å². The van der Waals surface area contributed by atoms with E-state index in [1.165, 1.54) is 5.56 Å². The molecule has 1 unspecified atom stereocenters. The zero-order chi connectivity index (χ0) is 12.3. The van der Waals surface area contributed by atoms with Crippen molar-refractivity contribution in [1.82, 2.24) is 15.1 Å². The van der Waals surface area contributed by atoms with Gasteiger partial charge in [-0.2, -0.15) is 5.10 Å². The van der Waals surface area contributed by atoms with Crippen LogP contribution in [0.1, 0.15) is 32.0 Å². The number of hydrogen-bond donors (Lipinski definition) is 1. The van der Waals surface area contributed by atoms with Crippen molar-refractivity contribution in [3.63, 3.8) is 0 Å². The van der Waals surface area contributed by atoms with Gasteiger partial charge < -0.3 is 5.32 Å². The van der Waals surface area contributed by atoms with E-state index in [1.54, 1.807) is 4.68 Å². The molecule has 0 aliphatic carbocycles. The first kappa shape index (κ1) is 13.5. The molecule has 0 amide bonds. The number of nitrogens with one attached hydrogen (secondary N) is 1. The fraction of sp³-hybridized carbons (Fsp3) is 0.750. The Morgan fingerprint density at radius 3 is 2.44 bits per heavy atom. The molecule has 1 heterocycles. The summed E-state index contributed by atoms with van der Waals surface area (Å²) in [5.41, 5.74) is 2.21. The smallest absolute Gasteiger partial charge is 0.130 e. The molecule has 1 aromatic heterocycles. The number of nitrogens with zero attached hydrogens (tertiary/aromatic N) is 2. The SMILES string of the molecule is CCNC(Cc1c(C)nn(C)c1Cl)C(C)C. The zero-order valence-electron chi connectivity index (χ0n) is 10.8. The molecule has 3 nitrogen and oxygen atoms in total. The van der Waals surface area contributed by atoms with Gasteiger partial charge in [0.05, 0.1) is 5.69 Å². The predicted octanol–water partition coefficient (Wildman–Crippen LogP) is 2.56. The average molecular weight is 244 g/mol. The summed E-state index contributed by atoms with van der Waals surface area (Å²) >= 11 is 6.24. The molecule has 0 aromatic carbocycles. The summed E-state index contributed by atoms with van der Waals surface area (Å²) < 4.78 is 1.75. The van der Waals surface area contributed by atoms with Gasteiger partial charge in [0.25, 0.3) is 0 Å². The molecule has 1 N–H and O–H groups in total. The van der Waals surface area contributed by atoms with Crippen LogP contribution in [0.15, 0.2) is 0 Å². The number of hydrogen-bond acceptors (Lipinski definition) is 2. The highest BCUT2D eigenvalue weighted by atomic mass is 35.5. The highest BCUT2D eigenvalue weighted by Gasteiger charge is 2.18. The van der Waals surface area contributed by atoms with Crippen molar-refractivity contribution in [2.45, 2.75) is 40.2 Å². The minimum Gasteiger partial charge on any atom is -0.314 e. The van der Waals surface area contributed by atoms with Crippen LogP contribution in [0, 0.1) is 12.8 Å². The Hall–Kier alpha value is -0.540. The van der Waals surface area contributed by atoms with Crippen LogP contribution in [0.2, 0.25) is 5.15 Å². The van der Waals surface area contributed by atoms with Crippen LogP contribution in [-0.4, -0.2) is 22.4 Å². The third-order valence-electron chi connectivity index (χ3n) is 2.96. The first-order chi connectivity index (χ1) is 7.47. The highest BCUT2D eigenvalue weighted by molar-refractivity contribution is 6.30. The van der Waals surface area contributed by atoms with Crippen molar-refractivity contribution in [3.05, 3.63) is 16.4 Å². The summed E-state index contributed by atoms with van der Waals surface area (Å²) in [6, 6.07) is 0.463. The van der Waals surface area contributed by atoms with E-state index in [0.29, 0.717) is 12.0 Å². The first-order valence-corrected chi connectivity index (χ1v) is 6.26. The number of halogens is 1. The van der Waals surface area contributed by atoms with Gasteiger partial charge in [0, 0.05) is 18.7 Å². The number of aromatic nitrogens is 2. The lowest BCUT2D eigenvalue weighted by Crippen LogP contribution is -2.35. The molecular weight excluding hydrogens is 222 g/mol. The van der Waals surface area contributed by atoms with E-state index >= 15 is 0 Å². The van der Waals surface area contributed by atoms with Crippen LogP contribution in [0.3, 0.4) is 0 Å². The van der Waals surface area contributed by atoms with E-state index in [9.17, 15) is 0 Å². The minimum atomic E-state index is 0.463. The number of aryl methyl sites for hydroxylation is 2. The topological polar surface area (TPSA) is 29.9 Å². The van der Waals surface area contributed by atoms with E-state index in [-0.39, 0.29) is 0 Å². The van der Waals surface area contributed by atoms with Gasteiger partial charge in [-0.3, -0.25) is 4.68 Å². The van der Waals surface area contributed by atoms with Crippen molar-refractivity contribution < 1.29 is 0 Å². The molecular formula is C12H22ClN3. The maximum Gasteiger partial charge on any atom is 0.130 e. The zero-order valence-corrected chi connectivity index (χ0v) is 11.6. The largest absolute Gasteiger partial charge is 0.314 e. The molecule has 0 spiro atoms. The van der Waals surface area contributed by atoms with Crippen molar-refractivity contribution in [3.8, 4) is 0 Å². The van der Waals surface area contributed by atoms with Gasteiger partial charge in [0.2, 0.25) is 0 Å². The molecule has 0 saturated heterocycles. The number of likely N-dealkylation sites (N-methyl/N-ethyl adjacent to an activating group) is 1. The van der Waals surface area contributed by atoms with E-state index in [0.717, 1.165) is 23.8 Å². The van der Waals surface area contributed by atoms with Crippen LogP contribution in [-0.2, 0) is 13.5 Å². The van der Waals surface area contributed by atoms with Crippen LogP contribution < -0.4 is 5.32 Å². The van der Waals surface area contributed by atoms with E-state index in [4.69, 9.17) is 11.6 Å². The molecule has 1 atom stereocenters. The van der Waals surface area contributed by atoms with Gasteiger partial charge in [-0.05, 0) is 25.8 Å². The molecule has 0 aliphatic rings. The molecule has 0 radical (unpaired) electrons. The molecule has 0 aliphatic heterocycles. The quantitative estimate of drug-likeness (QED) is 0.862. The van der Waals surface area contributed by atoms with Gasteiger partial charge in [0.15, 0.2) is 0 Å². The lowest BCUT2D eigenvalue weighted by Gasteiger charge is -2.21. The second-order valence-electron chi connectivity index (χ2n) is 4.59. The second-order valence-corrected chi connectivity index (χ2v) is 4.95. The average Bonchev–Trinajstić information content (AvgIpc) is 2.43. The Labute approximate surface area is 103 Å². The molecule has 0 saturated carbocycles. The lowest BCUT2D eigenvalue weighted by molar-refractivity contribution is 0.405. The van der Waals surface area contributed by atoms with E-state index in [2.05, 4.69) is 31.2 Å². The fourth-order valence-electron chi connectivity index (χ4n) is 1.93. The summed E-state index contributed by atoms with van der Waals surface area (Å²) in [5, 5.41) is 8.60. The number of rotatable bonds is 5. The summed E-state index contributed by atoms with van der Waals surface area (Å²) in [6.45, 7) is 9.59. The normalized spacial score (nSPS) is 13.4. The summed E-state index contributed by atoms with van der Waals surface area (Å²) in [5.74, 6) is 0.593. The van der Waals surface area contributed by atoms with Crippen molar-refractivity contribution in [1.29, 1.82) is 0 Å². The van der Waals surface area contributed by atoms with Gasteiger partial charge >= 0.3 is 0 Å². The van der Waals surface area contributed by atoms with E-state index in [1.807, 2.05) is 14.0 Å². The maximum absolute atomic E-state index is 6.24. The molecule has 4 heteroatoms. The monoisotopic (exact) mass is 243 g/mol. The Kier molecular flexibility index (Phi) is 4.81. The standard InChI is InChI=1S/C12H22ClN3/c1-6-14-11(8(2)3)7-10-9(4)15-16(5)12(10)13/h8,11,14H,6-7H2,1-5H3. The third kappa shape index (κ3) is 2.98. The predicted molar refractivity (Wildman–Crippen MR) is 69.0 cm³/mol. The molecule has 92 valence electrons. The fourth-order valence-corrected chi connectivity index (χ4v) is 2.18. The van der Waals surface area contributed by atoms with Crippen LogP contribution in [0.25, 0.3) is 0 Å². The summed E-state index contributed by atoms with van der Waals surface area (Å²) in [6.07, 6.45) is 0.948. The highest BCUT2D eigenvalue weighted by Crippen LogP contribution is 2.22. The van der Waals surface area contributed by atoms with Crippen LogP contribution in [0.5, 0.6) is 0 Å². The Morgan fingerprint density at radius 2 is 2.06 bits per heavy atom. The Balaban J connectivity index is 2.84. The summed E-state index contributed by atoms with van der Waals surface area (Å²) in [4.78, 5) is 0. The van der Waals surface area contributed by atoms with Crippen molar-refractivity contribution in [2.75, 3.05) is 6.54 Å². The molecule has 1 aromatic rings. The molecule has 16 heavy (non-hydrogen) atoms. The molecule has 0 fully saturated rings. The van der Waals surface area contributed by atoms with E-state index < -0.39 is 0 Å². The first-order valence-electron chi connectivity index (χ1n) is 5.88. The minimum absolute atomic E-state index is 0.463. The van der Waals surface area contributed by atoms with Crippen molar-refractivity contribution in [2.24, 2.45) is 13.0 Å². The van der Waals surface area contributed by atoms with Crippen LogP contribution in [0.4, 0.5) is 0 Å². The van der Waals surface area contributed by atoms with Crippen LogP contribution >= 0.6 is 11.6 Å². The molecule has 0 bridgehead atoms. The Bertz CT molecular complexity index is 344.